The van der Waals surface area contributed by atoms with E-state index in [4.69, 9.17) is 0 Å². The maximum atomic E-state index is 4.36. The fourth-order valence-electron chi connectivity index (χ4n) is 3.27. The number of aromatic nitrogens is 3. The molecule has 0 unspecified atom stereocenters. The van der Waals surface area contributed by atoms with Crippen LogP contribution in [0.25, 0.3) is 22.5 Å². The lowest BCUT2D eigenvalue weighted by Crippen LogP contribution is -2.41. The number of benzene rings is 2. The summed E-state index contributed by atoms with van der Waals surface area (Å²) in [5, 5.41) is 11.5. The van der Waals surface area contributed by atoms with Crippen molar-refractivity contribution >= 4 is 5.69 Å². The van der Waals surface area contributed by atoms with Crippen LogP contribution in [0.4, 0.5) is 5.69 Å². The summed E-state index contributed by atoms with van der Waals surface area (Å²) in [6, 6.07) is 16.9. The highest BCUT2D eigenvalue weighted by Gasteiger charge is 2.29. The van der Waals surface area contributed by atoms with Gasteiger partial charge in [0.05, 0.1) is 5.69 Å². The van der Waals surface area contributed by atoms with Crippen LogP contribution in [-0.4, -0.2) is 20.9 Å². The molecule has 4 rings (SSSR count). The van der Waals surface area contributed by atoms with Crippen molar-refractivity contribution in [3.05, 3.63) is 54.1 Å². The highest BCUT2D eigenvalue weighted by Crippen LogP contribution is 2.41. The normalized spacial score (nSPS) is 13.6. The van der Waals surface area contributed by atoms with Gasteiger partial charge in [0.25, 0.3) is 0 Å². The molecule has 2 heterocycles. The zero-order chi connectivity index (χ0) is 16.0. The third-order valence-corrected chi connectivity index (χ3v) is 4.42. The molecule has 116 valence electrons. The summed E-state index contributed by atoms with van der Waals surface area (Å²) in [6.07, 6.45) is 0. The standard InChI is InChI=1S/C19H20N4/c1-19(2,3)23-12-13-8-4-5-9-14(13)17-18(21-22-20-17)15-10-6-7-11-16(15)23/h4-11H,12H2,1-3H3,(H,20,21,22). The van der Waals surface area contributed by atoms with Gasteiger partial charge in [-0.3, -0.25) is 5.10 Å². The van der Waals surface area contributed by atoms with Gasteiger partial charge in [-0.15, -0.1) is 5.10 Å². The average molecular weight is 304 g/mol. The van der Waals surface area contributed by atoms with Gasteiger partial charge in [-0.1, -0.05) is 47.7 Å². The van der Waals surface area contributed by atoms with E-state index in [1.54, 1.807) is 0 Å². The van der Waals surface area contributed by atoms with Crippen LogP contribution in [0.2, 0.25) is 0 Å². The van der Waals surface area contributed by atoms with Crippen molar-refractivity contribution in [2.24, 2.45) is 0 Å². The van der Waals surface area contributed by atoms with E-state index in [1.807, 2.05) is 0 Å². The molecule has 0 fully saturated rings. The Morgan fingerprint density at radius 2 is 1.65 bits per heavy atom. The number of nitrogens with one attached hydrogen (secondary N) is 1. The van der Waals surface area contributed by atoms with E-state index < -0.39 is 0 Å². The third-order valence-electron chi connectivity index (χ3n) is 4.42. The van der Waals surface area contributed by atoms with Crippen molar-refractivity contribution in [3.63, 3.8) is 0 Å². The monoisotopic (exact) mass is 304 g/mol. The Balaban J connectivity index is 2.06. The van der Waals surface area contributed by atoms with E-state index in [0.717, 1.165) is 29.1 Å². The molecule has 1 aliphatic rings. The molecule has 0 radical (unpaired) electrons. The summed E-state index contributed by atoms with van der Waals surface area (Å²) >= 11 is 0. The summed E-state index contributed by atoms with van der Waals surface area (Å²) in [7, 11) is 0. The topological polar surface area (TPSA) is 44.8 Å². The maximum Gasteiger partial charge on any atom is 0.121 e. The number of hydrogen-bond acceptors (Lipinski definition) is 3. The fourth-order valence-corrected chi connectivity index (χ4v) is 3.27. The molecule has 1 aromatic heterocycles. The molecule has 23 heavy (non-hydrogen) atoms. The second kappa shape index (κ2) is 4.95. The highest BCUT2D eigenvalue weighted by atomic mass is 15.3. The molecule has 0 spiro atoms. The van der Waals surface area contributed by atoms with Gasteiger partial charge in [-0.05, 0) is 32.4 Å². The number of aromatic amines is 1. The van der Waals surface area contributed by atoms with Gasteiger partial charge in [-0.2, -0.15) is 0 Å². The molecule has 0 saturated carbocycles. The highest BCUT2D eigenvalue weighted by molar-refractivity contribution is 5.87. The number of anilines is 1. The Morgan fingerprint density at radius 3 is 2.43 bits per heavy atom. The van der Waals surface area contributed by atoms with Crippen LogP contribution in [0.3, 0.4) is 0 Å². The molecule has 0 atom stereocenters. The second-order valence-corrected chi connectivity index (χ2v) is 6.97. The van der Waals surface area contributed by atoms with Gasteiger partial charge in [0, 0.05) is 28.9 Å². The van der Waals surface area contributed by atoms with Crippen LogP contribution in [0.1, 0.15) is 26.3 Å². The van der Waals surface area contributed by atoms with Crippen LogP contribution in [0.5, 0.6) is 0 Å². The average Bonchev–Trinajstić information content (AvgIpc) is 2.99. The Bertz CT molecular complexity index is 858. The number of H-pyrrole nitrogens is 1. The van der Waals surface area contributed by atoms with Crippen LogP contribution >= 0.6 is 0 Å². The van der Waals surface area contributed by atoms with Crippen LogP contribution in [0.15, 0.2) is 48.5 Å². The first-order valence-electron chi connectivity index (χ1n) is 7.92. The molecule has 3 aromatic rings. The van der Waals surface area contributed by atoms with Crippen molar-refractivity contribution in [3.8, 4) is 22.5 Å². The number of rotatable bonds is 0. The Labute approximate surface area is 136 Å². The summed E-state index contributed by atoms with van der Waals surface area (Å²) in [4.78, 5) is 2.45. The van der Waals surface area contributed by atoms with Crippen LogP contribution in [0, 0.1) is 0 Å². The summed E-state index contributed by atoms with van der Waals surface area (Å²) < 4.78 is 0. The predicted molar refractivity (Wildman–Crippen MR) is 93.2 cm³/mol. The zero-order valence-corrected chi connectivity index (χ0v) is 13.7. The first-order valence-corrected chi connectivity index (χ1v) is 7.92. The number of hydrogen-bond donors (Lipinski definition) is 1. The fraction of sp³-hybridized carbons (Fsp3) is 0.263. The van der Waals surface area contributed by atoms with Crippen molar-refractivity contribution in [2.45, 2.75) is 32.9 Å². The predicted octanol–water partition coefficient (Wildman–Crippen LogP) is 4.26. The van der Waals surface area contributed by atoms with E-state index in [9.17, 15) is 0 Å². The van der Waals surface area contributed by atoms with Crippen molar-refractivity contribution in [1.82, 2.24) is 15.4 Å². The molecule has 2 aromatic carbocycles. The molecular formula is C19H20N4. The molecule has 4 nitrogen and oxygen atoms in total. The Hall–Kier alpha value is -2.62. The first-order chi connectivity index (χ1) is 11.1. The number of fused-ring (bicyclic) bond motifs is 5. The van der Waals surface area contributed by atoms with Crippen LogP contribution < -0.4 is 4.90 Å². The number of para-hydroxylation sites is 1. The van der Waals surface area contributed by atoms with Gasteiger partial charge in [-0.25, -0.2) is 0 Å². The molecule has 1 N–H and O–H groups in total. The minimum absolute atomic E-state index is 0.00810. The lowest BCUT2D eigenvalue weighted by molar-refractivity contribution is 0.501. The third kappa shape index (κ3) is 2.22. The SMILES string of the molecule is CC(C)(C)N1Cc2ccccc2-c2nn[nH]c2-c2ccccc21. The van der Waals surface area contributed by atoms with E-state index in [1.165, 1.54) is 11.3 Å². The van der Waals surface area contributed by atoms with E-state index in [0.29, 0.717) is 0 Å². The van der Waals surface area contributed by atoms with Gasteiger partial charge in [0.15, 0.2) is 0 Å². The summed E-state index contributed by atoms with van der Waals surface area (Å²) in [6.45, 7) is 7.60. The van der Waals surface area contributed by atoms with Gasteiger partial charge >= 0.3 is 0 Å². The van der Waals surface area contributed by atoms with Crippen molar-refractivity contribution in [1.29, 1.82) is 0 Å². The zero-order valence-electron chi connectivity index (χ0n) is 13.7. The Kier molecular flexibility index (Phi) is 3.01. The lowest BCUT2D eigenvalue weighted by Gasteiger charge is -2.40. The number of nitrogens with zero attached hydrogens (tertiary/aromatic N) is 3. The molecule has 0 bridgehead atoms. The first kappa shape index (κ1) is 14.0. The quantitative estimate of drug-likeness (QED) is 0.675. The molecule has 0 aliphatic carbocycles. The van der Waals surface area contributed by atoms with E-state index in [-0.39, 0.29) is 5.54 Å². The maximum absolute atomic E-state index is 4.36. The van der Waals surface area contributed by atoms with E-state index >= 15 is 0 Å². The molecule has 0 amide bonds. The van der Waals surface area contributed by atoms with Crippen LogP contribution in [-0.2, 0) is 6.54 Å². The summed E-state index contributed by atoms with van der Waals surface area (Å²) in [5.41, 5.74) is 6.71. The van der Waals surface area contributed by atoms with Gasteiger partial charge in [0.2, 0.25) is 0 Å². The molecular weight excluding hydrogens is 284 g/mol. The van der Waals surface area contributed by atoms with Gasteiger partial charge < -0.3 is 4.90 Å². The van der Waals surface area contributed by atoms with Crippen molar-refractivity contribution < 1.29 is 0 Å². The minimum Gasteiger partial charge on any atom is -0.362 e. The van der Waals surface area contributed by atoms with Gasteiger partial charge in [0.1, 0.15) is 5.69 Å². The minimum atomic E-state index is 0.00810. The largest absolute Gasteiger partial charge is 0.362 e. The molecule has 1 aliphatic heterocycles. The summed E-state index contributed by atoms with van der Waals surface area (Å²) in [5.74, 6) is 0. The van der Waals surface area contributed by atoms with E-state index in [2.05, 4.69) is 89.6 Å². The molecule has 0 saturated heterocycles. The smallest absolute Gasteiger partial charge is 0.121 e. The van der Waals surface area contributed by atoms with Crippen molar-refractivity contribution in [2.75, 3.05) is 4.90 Å². The lowest BCUT2D eigenvalue weighted by atomic mass is 9.93. The second-order valence-electron chi connectivity index (χ2n) is 6.97. The Morgan fingerprint density at radius 1 is 0.957 bits per heavy atom. The molecule has 4 heteroatoms.